The minimum atomic E-state index is 0.00539. The average Bonchev–Trinajstić information content (AvgIpc) is 3.61. The van der Waals surface area contributed by atoms with Crippen LogP contribution in [0.25, 0.3) is 16.6 Å². The number of fused-ring (bicyclic) bond motifs is 6. The van der Waals surface area contributed by atoms with E-state index in [4.69, 9.17) is 9.47 Å². The van der Waals surface area contributed by atoms with Crippen molar-refractivity contribution in [3.8, 4) is 17.2 Å². The largest absolute Gasteiger partial charge is 0.493 e. The van der Waals surface area contributed by atoms with Crippen molar-refractivity contribution in [1.29, 1.82) is 0 Å². The van der Waals surface area contributed by atoms with E-state index in [2.05, 4.69) is 69.2 Å². The molecular weight excluding hydrogens is 476 g/mol. The number of aliphatic hydroxyl groups is 1. The summed E-state index contributed by atoms with van der Waals surface area (Å²) in [6, 6.07) is 23.2. The van der Waals surface area contributed by atoms with Gasteiger partial charge in [0.05, 0.1) is 18.3 Å². The fourth-order valence-corrected chi connectivity index (χ4v) is 6.17. The molecule has 0 saturated heterocycles. The van der Waals surface area contributed by atoms with Crippen LogP contribution in [-0.4, -0.2) is 38.0 Å². The zero-order chi connectivity index (χ0) is 25.6. The number of methoxy groups -OCH3 is 1. The van der Waals surface area contributed by atoms with E-state index in [-0.39, 0.29) is 12.8 Å². The molecule has 1 unspecified atom stereocenters. The van der Waals surface area contributed by atoms with Crippen LogP contribution in [0.3, 0.4) is 0 Å². The second-order valence-electron chi connectivity index (χ2n) is 10.1. The Bertz CT molecular complexity index is 1600. The second-order valence-corrected chi connectivity index (χ2v) is 10.1. The molecule has 3 aromatic carbocycles. The van der Waals surface area contributed by atoms with Crippen molar-refractivity contribution < 1.29 is 14.6 Å². The third-order valence-electron chi connectivity index (χ3n) is 8.08. The van der Waals surface area contributed by atoms with Gasteiger partial charge >= 0.3 is 0 Å². The molecule has 7 heteroatoms. The number of ether oxygens (including phenoxy) is 2. The Kier molecular flexibility index (Phi) is 5.68. The van der Waals surface area contributed by atoms with E-state index in [1.54, 1.807) is 13.3 Å². The van der Waals surface area contributed by atoms with Crippen LogP contribution in [0.5, 0.6) is 11.5 Å². The highest BCUT2D eigenvalue weighted by Gasteiger charge is 2.35. The lowest BCUT2D eigenvalue weighted by Gasteiger charge is -2.41. The van der Waals surface area contributed by atoms with Gasteiger partial charge in [0.2, 0.25) is 0 Å². The minimum absolute atomic E-state index is 0.00539. The maximum atomic E-state index is 10.1. The van der Waals surface area contributed by atoms with Crippen molar-refractivity contribution in [2.75, 3.05) is 13.7 Å². The highest BCUT2D eigenvalue weighted by molar-refractivity contribution is 5.86. The maximum Gasteiger partial charge on any atom is 0.161 e. The van der Waals surface area contributed by atoms with Crippen LogP contribution < -0.4 is 9.47 Å². The number of aromatic nitrogens is 3. The van der Waals surface area contributed by atoms with Crippen molar-refractivity contribution in [2.45, 2.75) is 38.8 Å². The number of hydrogen-bond donors (Lipinski definition) is 1. The summed E-state index contributed by atoms with van der Waals surface area (Å²) in [6.07, 6.45) is 5.59. The summed E-state index contributed by atoms with van der Waals surface area (Å²) < 4.78 is 16.0. The van der Waals surface area contributed by atoms with Crippen LogP contribution in [0, 0.1) is 0 Å². The van der Waals surface area contributed by atoms with Crippen LogP contribution in [0.4, 0.5) is 0 Å². The molecule has 0 amide bonds. The Balaban J connectivity index is 1.16. The highest BCUT2D eigenvalue weighted by Crippen LogP contribution is 2.44. The van der Waals surface area contributed by atoms with Crippen LogP contribution in [-0.2, 0) is 32.7 Å². The zero-order valence-corrected chi connectivity index (χ0v) is 21.4. The third-order valence-corrected chi connectivity index (χ3v) is 8.08. The Morgan fingerprint density at radius 1 is 1.03 bits per heavy atom. The van der Waals surface area contributed by atoms with Gasteiger partial charge in [-0.3, -0.25) is 4.90 Å². The predicted molar refractivity (Wildman–Crippen MR) is 146 cm³/mol. The molecule has 0 radical (unpaired) electrons. The van der Waals surface area contributed by atoms with E-state index < -0.39 is 0 Å². The van der Waals surface area contributed by atoms with Gasteiger partial charge < -0.3 is 19.1 Å². The van der Waals surface area contributed by atoms with Gasteiger partial charge in [-0.15, -0.1) is 0 Å². The molecule has 0 spiro atoms. The van der Waals surface area contributed by atoms with Gasteiger partial charge in [0.1, 0.15) is 13.3 Å². The van der Waals surface area contributed by atoms with Crippen molar-refractivity contribution in [3.05, 3.63) is 107 Å². The third kappa shape index (κ3) is 3.78. The van der Waals surface area contributed by atoms with Crippen molar-refractivity contribution >= 4 is 10.9 Å². The van der Waals surface area contributed by atoms with Crippen molar-refractivity contribution in [1.82, 2.24) is 19.2 Å². The van der Waals surface area contributed by atoms with Crippen LogP contribution in [0.2, 0.25) is 0 Å². The van der Waals surface area contributed by atoms with E-state index in [1.807, 2.05) is 23.0 Å². The Morgan fingerprint density at radius 2 is 1.89 bits per heavy atom. The number of hydrogen-bond acceptors (Lipinski definition) is 5. The molecule has 7 nitrogen and oxygen atoms in total. The van der Waals surface area contributed by atoms with Crippen LogP contribution >= 0.6 is 0 Å². The van der Waals surface area contributed by atoms with Gasteiger partial charge in [0.15, 0.2) is 11.5 Å². The zero-order valence-electron chi connectivity index (χ0n) is 21.4. The molecule has 5 aromatic rings. The molecule has 192 valence electrons. The Labute approximate surface area is 221 Å². The van der Waals surface area contributed by atoms with E-state index in [0.29, 0.717) is 6.61 Å². The SMILES string of the molecule is COc1cc2c(cc1OCc1ccc(-n3cccn3)cc1)CCN1Cc3c(c4ccccc4n3CO)CC21. The fourth-order valence-electron chi connectivity index (χ4n) is 6.17. The summed E-state index contributed by atoms with van der Waals surface area (Å²) in [6.45, 7) is 2.29. The number of benzene rings is 3. The van der Waals surface area contributed by atoms with E-state index in [9.17, 15) is 5.11 Å². The summed E-state index contributed by atoms with van der Waals surface area (Å²) >= 11 is 0. The predicted octanol–water partition coefficient (Wildman–Crippen LogP) is 5.02. The molecule has 1 N–H and O–H groups in total. The standard InChI is InChI=1S/C31H30N4O3/c1-37-30-17-25-22(15-31(30)38-19-21-7-9-23(10-8-21)35-13-4-12-32-35)11-14-33-18-29-26(16-28(25)33)24-5-2-3-6-27(24)34(29)20-36/h2-10,12-13,15,17,28,36H,11,14,16,18-20H2,1H3. The first-order chi connectivity index (χ1) is 18.7. The van der Waals surface area contributed by atoms with E-state index in [0.717, 1.165) is 54.2 Å². The normalized spacial score (nSPS) is 16.6. The molecule has 7 rings (SSSR count). The van der Waals surface area contributed by atoms with Gasteiger partial charge in [-0.25, -0.2) is 4.68 Å². The maximum absolute atomic E-state index is 10.1. The van der Waals surface area contributed by atoms with Crippen LogP contribution in [0.1, 0.15) is 34.0 Å². The average molecular weight is 507 g/mol. The first-order valence-electron chi connectivity index (χ1n) is 13.1. The van der Waals surface area contributed by atoms with Crippen molar-refractivity contribution in [2.24, 2.45) is 0 Å². The summed E-state index contributed by atoms with van der Waals surface area (Å²) in [5, 5.41) is 15.7. The first-order valence-corrected chi connectivity index (χ1v) is 13.1. The lowest BCUT2D eigenvalue weighted by atomic mass is 9.85. The molecule has 0 fully saturated rings. The first kappa shape index (κ1) is 23.1. The molecule has 2 aliphatic heterocycles. The molecule has 4 heterocycles. The minimum Gasteiger partial charge on any atom is -0.493 e. The summed E-state index contributed by atoms with van der Waals surface area (Å²) in [4.78, 5) is 2.54. The fraction of sp³-hybridized carbons (Fsp3) is 0.258. The molecule has 0 bridgehead atoms. The quantitative estimate of drug-likeness (QED) is 0.350. The molecule has 38 heavy (non-hydrogen) atoms. The number of para-hydroxylation sites is 1. The van der Waals surface area contributed by atoms with Gasteiger partial charge in [-0.05, 0) is 71.5 Å². The topological polar surface area (TPSA) is 64.7 Å². The van der Waals surface area contributed by atoms with E-state index in [1.165, 1.54) is 27.8 Å². The summed E-state index contributed by atoms with van der Waals surface area (Å²) in [5.74, 6) is 1.55. The monoisotopic (exact) mass is 506 g/mol. The lowest BCUT2D eigenvalue weighted by Crippen LogP contribution is -2.39. The van der Waals surface area contributed by atoms with Gasteiger partial charge in [-0.2, -0.15) is 5.10 Å². The molecule has 0 aliphatic carbocycles. The molecule has 2 aliphatic rings. The number of rotatable bonds is 6. The Hall–Kier alpha value is -4.07. The highest BCUT2D eigenvalue weighted by atomic mass is 16.5. The van der Waals surface area contributed by atoms with Gasteiger partial charge in [-0.1, -0.05) is 30.3 Å². The smallest absolute Gasteiger partial charge is 0.161 e. The lowest BCUT2D eigenvalue weighted by molar-refractivity contribution is 0.145. The van der Waals surface area contributed by atoms with Gasteiger partial charge in [0.25, 0.3) is 0 Å². The summed E-state index contributed by atoms with van der Waals surface area (Å²) in [7, 11) is 1.71. The van der Waals surface area contributed by atoms with E-state index >= 15 is 0 Å². The second kappa shape index (κ2) is 9.35. The van der Waals surface area contributed by atoms with Crippen LogP contribution in [0.15, 0.2) is 79.1 Å². The Morgan fingerprint density at radius 3 is 2.68 bits per heavy atom. The van der Waals surface area contributed by atoms with Crippen molar-refractivity contribution in [3.63, 3.8) is 0 Å². The van der Waals surface area contributed by atoms with Gasteiger partial charge in [0, 0.05) is 42.6 Å². The molecule has 1 atom stereocenters. The molecular formula is C31H30N4O3. The number of aliphatic hydroxyl groups excluding tert-OH is 1. The molecule has 2 aromatic heterocycles. The summed E-state index contributed by atoms with van der Waals surface area (Å²) in [5.41, 5.74) is 8.44. The molecule has 0 saturated carbocycles. The number of nitrogens with zero attached hydrogens (tertiary/aromatic N) is 4.